The first-order chi connectivity index (χ1) is 10.6. The summed E-state index contributed by atoms with van der Waals surface area (Å²) in [6, 6.07) is 10.4. The number of methoxy groups -OCH3 is 2. The summed E-state index contributed by atoms with van der Waals surface area (Å²) in [6.07, 6.45) is -0.792. The smallest absolute Gasteiger partial charge is 0.150 e. The molecule has 0 aliphatic carbocycles. The van der Waals surface area contributed by atoms with Gasteiger partial charge in [0, 0.05) is 24.1 Å². The van der Waals surface area contributed by atoms with E-state index in [1.165, 1.54) is 13.2 Å². The largest absolute Gasteiger partial charge is 0.508 e. The zero-order valence-electron chi connectivity index (χ0n) is 12.4. The predicted octanol–water partition coefficient (Wildman–Crippen LogP) is 2.45. The molecule has 0 spiro atoms. The van der Waals surface area contributed by atoms with Crippen molar-refractivity contribution in [3.63, 3.8) is 0 Å². The Labute approximate surface area is 128 Å². The van der Waals surface area contributed by atoms with E-state index in [4.69, 9.17) is 14.2 Å². The summed E-state index contributed by atoms with van der Waals surface area (Å²) in [6.45, 7) is 0. The number of benzene rings is 2. The number of phenolic OH excluding ortho intramolecular Hbond substituents is 1. The third-order valence-electron chi connectivity index (χ3n) is 3.83. The Bertz CT molecular complexity index is 665. The molecular weight excluding hydrogens is 284 g/mol. The summed E-state index contributed by atoms with van der Waals surface area (Å²) in [5.41, 5.74) is 1.61. The van der Waals surface area contributed by atoms with Crippen LogP contribution in [0.3, 0.4) is 0 Å². The number of aliphatic hydroxyl groups is 1. The van der Waals surface area contributed by atoms with E-state index in [0.29, 0.717) is 17.9 Å². The van der Waals surface area contributed by atoms with Gasteiger partial charge in [0.15, 0.2) is 0 Å². The van der Waals surface area contributed by atoms with Gasteiger partial charge < -0.3 is 24.4 Å². The molecule has 0 fully saturated rings. The van der Waals surface area contributed by atoms with Crippen molar-refractivity contribution in [3.8, 4) is 23.0 Å². The normalized spacial score (nSPS) is 20.0. The van der Waals surface area contributed by atoms with Gasteiger partial charge in [0.2, 0.25) is 0 Å². The molecule has 0 aromatic heterocycles. The third-order valence-corrected chi connectivity index (χ3v) is 3.83. The maximum atomic E-state index is 10.4. The molecule has 5 nitrogen and oxygen atoms in total. The van der Waals surface area contributed by atoms with Gasteiger partial charge in [-0.3, -0.25) is 0 Å². The van der Waals surface area contributed by atoms with Gasteiger partial charge in [-0.2, -0.15) is 0 Å². The summed E-state index contributed by atoms with van der Waals surface area (Å²) in [5, 5.41) is 20.2. The fourth-order valence-electron chi connectivity index (χ4n) is 2.71. The highest BCUT2D eigenvalue weighted by Crippen LogP contribution is 2.42. The van der Waals surface area contributed by atoms with Crippen LogP contribution < -0.4 is 14.2 Å². The van der Waals surface area contributed by atoms with Gasteiger partial charge in [-0.05, 0) is 17.7 Å². The van der Waals surface area contributed by atoms with Gasteiger partial charge in [0.05, 0.1) is 20.3 Å². The fraction of sp³-hybridized carbons (Fsp3) is 0.294. The minimum absolute atomic E-state index is 0.0699. The van der Waals surface area contributed by atoms with E-state index < -0.39 is 12.2 Å². The van der Waals surface area contributed by atoms with Crippen molar-refractivity contribution >= 4 is 0 Å². The standard InChI is InChI=1S/C17H18O5/c1-20-12-5-3-10(4-6-12)17-14(19)9-13-15(21-2)7-11(18)8-16(13)22-17/h3-8,14,17-19H,9H2,1-2H3/t14-,17+/m0/s1. The number of aliphatic hydroxyl groups excluding tert-OH is 1. The van der Waals surface area contributed by atoms with Crippen molar-refractivity contribution in [2.45, 2.75) is 18.6 Å². The Morgan fingerprint density at radius 3 is 2.45 bits per heavy atom. The van der Waals surface area contributed by atoms with Gasteiger partial charge in [0.25, 0.3) is 0 Å². The molecule has 1 aliphatic rings. The minimum atomic E-state index is -0.695. The highest BCUT2D eigenvalue weighted by atomic mass is 16.5. The van der Waals surface area contributed by atoms with E-state index in [-0.39, 0.29) is 5.75 Å². The number of ether oxygens (including phenoxy) is 3. The molecule has 0 radical (unpaired) electrons. The molecular formula is C17H18O5. The second-order valence-corrected chi connectivity index (χ2v) is 5.21. The molecule has 2 atom stereocenters. The number of rotatable bonds is 3. The van der Waals surface area contributed by atoms with Crippen molar-refractivity contribution in [1.82, 2.24) is 0 Å². The topological polar surface area (TPSA) is 68.2 Å². The van der Waals surface area contributed by atoms with E-state index in [1.54, 1.807) is 13.2 Å². The molecule has 0 saturated carbocycles. The molecule has 2 aromatic rings. The fourth-order valence-corrected chi connectivity index (χ4v) is 2.71. The van der Waals surface area contributed by atoms with Crippen LogP contribution in [0.25, 0.3) is 0 Å². The highest BCUT2D eigenvalue weighted by Gasteiger charge is 2.32. The quantitative estimate of drug-likeness (QED) is 0.911. The second kappa shape index (κ2) is 5.77. The van der Waals surface area contributed by atoms with Crippen LogP contribution in [-0.2, 0) is 6.42 Å². The predicted molar refractivity (Wildman–Crippen MR) is 80.7 cm³/mol. The minimum Gasteiger partial charge on any atom is -0.508 e. The first kappa shape index (κ1) is 14.5. The molecule has 0 unspecified atom stereocenters. The van der Waals surface area contributed by atoms with Crippen LogP contribution in [0.15, 0.2) is 36.4 Å². The summed E-state index contributed by atoms with van der Waals surface area (Å²) < 4.78 is 16.3. The molecule has 116 valence electrons. The monoisotopic (exact) mass is 302 g/mol. The van der Waals surface area contributed by atoms with E-state index in [1.807, 2.05) is 24.3 Å². The van der Waals surface area contributed by atoms with Gasteiger partial charge in [-0.25, -0.2) is 0 Å². The van der Waals surface area contributed by atoms with E-state index in [9.17, 15) is 10.2 Å². The van der Waals surface area contributed by atoms with Crippen molar-refractivity contribution in [2.75, 3.05) is 14.2 Å². The molecule has 2 N–H and O–H groups in total. The summed E-state index contributed by atoms with van der Waals surface area (Å²) in [5.74, 6) is 1.86. The third kappa shape index (κ3) is 2.55. The number of hydrogen-bond donors (Lipinski definition) is 2. The maximum Gasteiger partial charge on any atom is 0.150 e. The van der Waals surface area contributed by atoms with Crippen LogP contribution >= 0.6 is 0 Å². The van der Waals surface area contributed by atoms with Crippen LogP contribution in [0.2, 0.25) is 0 Å². The van der Waals surface area contributed by atoms with Gasteiger partial charge in [-0.15, -0.1) is 0 Å². The maximum absolute atomic E-state index is 10.4. The SMILES string of the molecule is COc1ccc([C@H]2Oc3cc(O)cc(OC)c3C[C@@H]2O)cc1. The Morgan fingerprint density at radius 1 is 1.09 bits per heavy atom. The number of fused-ring (bicyclic) bond motifs is 1. The number of phenols is 1. The van der Waals surface area contributed by atoms with Gasteiger partial charge in [0.1, 0.15) is 29.1 Å². The summed E-state index contributed by atoms with van der Waals surface area (Å²) in [4.78, 5) is 0. The van der Waals surface area contributed by atoms with Crippen LogP contribution in [0.5, 0.6) is 23.0 Å². The van der Waals surface area contributed by atoms with Crippen molar-refractivity contribution in [1.29, 1.82) is 0 Å². The molecule has 0 amide bonds. The van der Waals surface area contributed by atoms with Crippen LogP contribution in [0, 0.1) is 0 Å². The Hall–Kier alpha value is -2.40. The lowest BCUT2D eigenvalue weighted by molar-refractivity contribution is 0.0198. The number of aromatic hydroxyl groups is 1. The molecule has 22 heavy (non-hydrogen) atoms. The first-order valence-corrected chi connectivity index (χ1v) is 7.01. The average molecular weight is 302 g/mol. The average Bonchev–Trinajstić information content (AvgIpc) is 2.54. The summed E-state index contributed by atoms with van der Waals surface area (Å²) >= 11 is 0. The van der Waals surface area contributed by atoms with E-state index >= 15 is 0 Å². The Morgan fingerprint density at radius 2 is 1.82 bits per heavy atom. The van der Waals surface area contributed by atoms with Crippen LogP contribution in [-0.4, -0.2) is 30.5 Å². The zero-order chi connectivity index (χ0) is 15.7. The molecule has 0 bridgehead atoms. The Balaban J connectivity index is 1.94. The van der Waals surface area contributed by atoms with Gasteiger partial charge >= 0.3 is 0 Å². The molecule has 5 heteroatoms. The molecule has 1 heterocycles. The van der Waals surface area contributed by atoms with Crippen molar-refractivity contribution in [2.24, 2.45) is 0 Å². The van der Waals surface area contributed by atoms with Crippen LogP contribution in [0.4, 0.5) is 0 Å². The van der Waals surface area contributed by atoms with Crippen molar-refractivity contribution < 1.29 is 24.4 Å². The lowest BCUT2D eigenvalue weighted by atomic mass is 9.94. The second-order valence-electron chi connectivity index (χ2n) is 5.21. The van der Waals surface area contributed by atoms with Crippen molar-refractivity contribution in [3.05, 3.63) is 47.5 Å². The number of hydrogen-bond acceptors (Lipinski definition) is 5. The van der Waals surface area contributed by atoms with Crippen LogP contribution in [0.1, 0.15) is 17.2 Å². The lowest BCUT2D eigenvalue weighted by Crippen LogP contribution is -2.30. The molecule has 2 aromatic carbocycles. The molecule has 3 rings (SSSR count). The zero-order valence-corrected chi connectivity index (χ0v) is 12.4. The molecule has 1 aliphatic heterocycles. The van der Waals surface area contributed by atoms with E-state index in [0.717, 1.165) is 16.9 Å². The lowest BCUT2D eigenvalue weighted by Gasteiger charge is -2.31. The summed E-state index contributed by atoms with van der Waals surface area (Å²) in [7, 11) is 3.13. The highest BCUT2D eigenvalue weighted by molar-refractivity contribution is 5.52. The Kier molecular flexibility index (Phi) is 3.81. The first-order valence-electron chi connectivity index (χ1n) is 7.01. The van der Waals surface area contributed by atoms with E-state index in [2.05, 4.69) is 0 Å². The van der Waals surface area contributed by atoms with Gasteiger partial charge in [-0.1, -0.05) is 12.1 Å². The molecule has 0 saturated heterocycles.